The summed E-state index contributed by atoms with van der Waals surface area (Å²) in [5, 5.41) is 3.41. The fourth-order valence-electron chi connectivity index (χ4n) is 2.01. The van der Waals surface area contributed by atoms with E-state index in [9.17, 15) is 18.0 Å². The minimum atomic E-state index is -3.90. The van der Waals surface area contributed by atoms with Crippen LogP contribution in [-0.4, -0.2) is 20.2 Å². The van der Waals surface area contributed by atoms with Crippen molar-refractivity contribution in [2.45, 2.75) is 18.2 Å². The van der Waals surface area contributed by atoms with E-state index in [0.29, 0.717) is 21.3 Å². The van der Waals surface area contributed by atoms with Crippen molar-refractivity contribution in [1.82, 2.24) is 4.72 Å². The van der Waals surface area contributed by atoms with Crippen molar-refractivity contribution in [3.63, 3.8) is 0 Å². The molecular weight excluding hydrogens is 387 g/mol. The number of nitrogens with one attached hydrogen (secondary N) is 2. The number of sulfonamides is 1. The molecule has 0 heterocycles. The van der Waals surface area contributed by atoms with Gasteiger partial charge in [0.25, 0.3) is 10.0 Å². The molecule has 0 saturated heterocycles. The zero-order chi connectivity index (χ0) is 18.6. The lowest BCUT2D eigenvalue weighted by atomic mass is 10.1. The third-order valence-electron chi connectivity index (χ3n) is 3.08. The van der Waals surface area contributed by atoms with Crippen molar-refractivity contribution in [3.8, 4) is 0 Å². The van der Waals surface area contributed by atoms with Gasteiger partial charge in [-0.1, -0.05) is 29.3 Å². The van der Waals surface area contributed by atoms with Crippen LogP contribution < -0.4 is 10.0 Å². The van der Waals surface area contributed by atoms with E-state index in [1.165, 1.54) is 24.3 Å². The number of hydrogen-bond donors (Lipinski definition) is 2. The normalized spacial score (nSPS) is 11.0. The first-order valence-corrected chi connectivity index (χ1v) is 9.28. The summed E-state index contributed by atoms with van der Waals surface area (Å²) < 4.78 is 25.5. The number of benzene rings is 2. The minimum absolute atomic E-state index is 0.0785. The summed E-state index contributed by atoms with van der Waals surface area (Å²) in [4.78, 5) is 22.9. The quantitative estimate of drug-likeness (QED) is 0.806. The Labute approximate surface area is 155 Å². The number of halogens is 2. The molecule has 0 spiro atoms. The third kappa shape index (κ3) is 5.45. The monoisotopic (exact) mass is 400 g/mol. The highest BCUT2D eigenvalue weighted by Gasteiger charge is 2.15. The van der Waals surface area contributed by atoms with E-state index in [4.69, 9.17) is 23.2 Å². The Morgan fingerprint density at radius 1 is 1.00 bits per heavy atom. The van der Waals surface area contributed by atoms with Crippen molar-refractivity contribution < 1.29 is 18.0 Å². The van der Waals surface area contributed by atoms with Gasteiger partial charge in [-0.05, 0) is 42.0 Å². The van der Waals surface area contributed by atoms with Crippen LogP contribution in [0.2, 0.25) is 10.0 Å². The van der Waals surface area contributed by atoms with Crippen molar-refractivity contribution in [2.75, 3.05) is 5.32 Å². The molecule has 6 nitrogen and oxygen atoms in total. The summed E-state index contributed by atoms with van der Waals surface area (Å²) in [5.41, 5.74) is 1.11. The van der Waals surface area contributed by atoms with Crippen LogP contribution in [0.5, 0.6) is 0 Å². The number of amides is 2. The van der Waals surface area contributed by atoms with E-state index in [-0.39, 0.29) is 17.2 Å². The lowest BCUT2D eigenvalue weighted by Crippen LogP contribution is -2.28. The molecule has 2 aromatic carbocycles. The molecule has 9 heteroatoms. The van der Waals surface area contributed by atoms with Crippen LogP contribution in [0.25, 0.3) is 0 Å². The molecule has 0 aliphatic rings. The Hall–Kier alpha value is -2.09. The maximum atomic E-state index is 12.0. The number of carbonyl (C=O) groups is 2. The Kier molecular flexibility index (Phi) is 6.05. The van der Waals surface area contributed by atoms with Gasteiger partial charge in [0.15, 0.2) is 0 Å². The van der Waals surface area contributed by atoms with Gasteiger partial charge < -0.3 is 5.32 Å². The van der Waals surface area contributed by atoms with Crippen LogP contribution in [0.3, 0.4) is 0 Å². The fourth-order valence-corrected chi connectivity index (χ4v) is 3.32. The van der Waals surface area contributed by atoms with E-state index < -0.39 is 15.9 Å². The molecule has 2 N–H and O–H groups in total. The second kappa shape index (κ2) is 7.86. The van der Waals surface area contributed by atoms with Gasteiger partial charge in [0.1, 0.15) is 0 Å². The standard InChI is InChI=1S/C16H14Cl2N2O4S/c1-10(21)20-25(23,24)13-5-3-12(4-6-13)19-16(22)9-11-2-7-14(17)15(18)8-11/h2-8H,9H2,1H3,(H,19,22)(H,20,21). The van der Waals surface area contributed by atoms with Crippen molar-refractivity contribution in [3.05, 3.63) is 58.1 Å². The maximum Gasteiger partial charge on any atom is 0.264 e. The summed E-state index contributed by atoms with van der Waals surface area (Å²) in [6.07, 6.45) is 0.0861. The van der Waals surface area contributed by atoms with Crippen LogP contribution in [0.1, 0.15) is 12.5 Å². The number of rotatable bonds is 5. The lowest BCUT2D eigenvalue weighted by molar-refractivity contribution is -0.117. The van der Waals surface area contributed by atoms with E-state index in [1.807, 2.05) is 4.72 Å². The zero-order valence-electron chi connectivity index (χ0n) is 13.0. The maximum absolute atomic E-state index is 12.0. The molecule has 0 saturated carbocycles. The minimum Gasteiger partial charge on any atom is -0.326 e. The van der Waals surface area contributed by atoms with E-state index in [1.54, 1.807) is 18.2 Å². The molecule has 132 valence electrons. The molecule has 25 heavy (non-hydrogen) atoms. The van der Waals surface area contributed by atoms with Crippen LogP contribution in [0.15, 0.2) is 47.4 Å². The smallest absolute Gasteiger partial charge is 0.264 e. The summed E-state index contributed by atoms with van der Waals surface area (Å²) in [5.74, 6) is -0.977. The summed E-state index contributed by atoms with van der Waals surface area (Å²) in [6, 6.07) is 10.3. The molecule has 2 aromatic rings. The summed E-state index contributed by atoms with van der Waals surface area (Å²) in [6.45, 7) is 1.11. The molecule has 0 atom stereocenters. The van der Waals surface area contributed by atoms with Gasteiger partial charge in [0, 0.05) is 12.6 Å². The Bertz CT molecular complexity index is 912. The predicted molar refractivity (Wildman–Crippen MR) is 96.2 cm³/mol. The summed E-state index contributed by atoms with van der Waals surface area (Å²) in [7, 11) is -3.90. The van der Waals surface area contributed by atoms with E-state index in [2.05, 4.69) is 5.32 Å². The zero-order valence-corrected chi connectivity index (χ0v) is 15.4. The van der Waals surface area contributed by atoms with Crippen LogP contribution in [0, 0.1) is 0 Å². The van der Waals surface area contributed by atoms with Gasteiger partial charge in [-0.3, -0.25) is 9.59 Å². The van der Waals surface area contributed by atoms with Gasteiger partial charge in [-0.15, -0.1) is 0 Å². The van der Waals surface area contributed by atoms with E-state index >= 15 is 0 Å². The van der Waals surface area contributed by atoms with Crippen LogP contribution >= 0.6 is 23.2 Å². The highest BCUT2D eigenvalue weighted by atomic mass is 35.5. The van der Waals surface area contributed by atoms with Gasteiger partial charge in [0.05, 0.1) is 21.4 Å². The van der Waals surface area contributed by atoms with Gasteiger partial charge in [-0.25, -0.2) is 13.1 Å². The Morgan fingerprint density at radius 3 is 2.20 bits per heavy atom. The first kappa shape index (κ1) is 19.2. The third-order valence-corrected chi connectivity index (χ3v) is 5.26. The van der Waals surface area contributed by atoms with Crippen molar-refractivity contribution in [2.24, 2.45) is 0 Å². The lowest BCUT2D eigenvalue weighted by Gasteiger charge is -2.08. The molecule has 0 bridgehead atoms. The molecule has 0 aliphatic heterocycles. The summed E-state index contributed by atoms with van der Waals surface area (Å²) >= 11 is 11.7. The second-order valence-corrected chi connectivity index (χ2v) is 7.66. The van der Waals surface area contributed by atoms with Crippen molar-refractivity contribution >= 4 is 50.7 Å². The second-order valence-electron chi connectivity index (χ2n) is 5.16. The molecule has 2 rings (SSSR count). The first-order valence-electron chi connectivity index (χ1n) is 7.04. The molecule has 0 aliphatic carbocycles. The van der Waals surface area contributed by atoms with Gasteiger partial charge in [-0.2, -0.15) is 0 Å². The Morgan fingerprint density at radius 2 is 1.64 bits per heavy atom. The Balaban J connectivity index is 2.04. The highest BCUT2D eigenvalue weighted by molar-refractivity contribution is 7.90. The molecule has 0 unspecified atom stereocenters. The SMILES string of the molecule is CC(=O)NS(=O)(=O)c1ccc(NC(=O)Cc2ccc(Cl)c(Cl)c2)cc1. The van der Waals surface area contributed by atoms with E-state index in [0.717, 1.165) is 6.92 Å². The first-order chi connectivity index (χ1) is 11.7. The average Bonchev–Trinajstić information content (AvgIpc) is 2.50. The van der Waals surface area contributed by atoms with Crippen LogP contribution in [0.4, 0.5) is 5.69 Å². The fraction of sp³-hybridized carbons (Fsp3) is 0.125. The predicted octanol–water partition coefficient (Wildman–Crippen LogP) is 3.00. The largest absolute Gasteiger partial charge is 0.326 e. The van der Waals surface area contributed by atoms with Gasteiger partial charge in [0.2, 0.25) is 11.8 Å². The van der Waals surface area contributed by atoms with Crippen molar-refractivity contribution in [1.29, 1.82) is 0 Å². The molecule has 0 fully saturated rings. The highest BCUT2D eigenvalue weighted by Crippen LogP contribution is 2.23. The molecular formula is C16H14Cl2N2O4S. The van der Waals surface area contributed by atoms with Gasteiger partial charge >= 0.3 is 0 Å². The number of carbonyl (C=O) groups excluding carboxylic acids is 2. The molecule has 0 radical (unpaired) electrons. The number of hydrogen-bond acceptors (Lipinski definition) is 4. The van der Waals surface area contributed by atoms with Crippen LogP contribution in [-0.2, 0) is 26.0 Å². The molecule has 0 aromatic heterocycles. The number of anilines is 1. The molecule has 2 amide bonds. The average molecular weight is 401 g/mol. The topological polar surface area (TPSA) is 92.3 Å².